The SMILES string of the molecule is NC1C(=O)Nc2cc(N3CCCCC3CO)c(Cl)cc21. The minimum Gasteiger partial charge on any atom is -0.394 e. The number of nitrogens with two attached hydrogens (primary N) is 1. The number of nitrogens with zero attached hydrogens (tertiary/aromatic N) is 1. The van der Waals surface area contributed by atoms with E-state index in [1.165, 1.54) is 0 Å². The van der Waals surface area contributed by atoms with Crippen LogP contribution in [0.15, 0.2) is 12.1 Å². The summed E-state index contributed by atoms with van der Waals surface area (Å²) in [5.41, 5.74) is 8.14. The fourth-order valence-electron chi connectivity index (χ4n) is 3.02. The number of amides is 1. The molecule has 2 atom stereocenters. The van der Waals surface area contributed by atoms with E-state index in [1.807, 2.05) is 6.07 Å². The third kappa shape index (κ3) is 2.16. The third-order valence-corrected chi connectivity index (χ3v) is 4.44. The van der Waals surface area contributed by atoms with Crippen molar-refractivity contribution in [2.45, 2.75) is 31.3 Å². The molecule has 3 rings (SSSR count). The summed E-state index contributed by atoms with van der Waals surface area (Å²) < 4.78 is 0. The topological polar surface area (TPSA) is 78.6 Å². The molecule has 0 aliphatic carbocycles. The molecule has 2 aliphatic heterocycles. The second kappa shape index (κ2) is 5.24. The highest BCUT2D eigenvalue weighted by Gasteiger charge is 2.30. The lowest BCUT2D eigenvalue weighted by Gasteiger charge is -2.37. The highest BCUT2D eigenvalue weighted by atomic mass is 35.5. The maximum atomic E-state index is 11.6. The number of fused-ring (bicyclic) bond motifs is 1. The highest BCUT2D eigenvalue weighted by Crippen LogP contribution is 2.39. The van der Waals surface area contributed by atoms with Gasteiger partial charge in [-0.25, -0.2) is 0 Å². The van der Waals surface area contributed by atoms with Crippen molar-refractivity contribution in [2.24, 2.45) is 5.73 Å². The number of anilines is 2. The molecule has 20 heavy (non-hydrogen) atoms. The molecule has 108 valence electrons. The van der Waals surface area contributed by atoms with Gasteiger partial charge in [0, 0.05) is 17.8 Å². The number of carbonyl (C=O) groups excluding carboxylic acids is 1. The van der Waals surface area contributed by atoms with Gasteiger partial charge in [-0.1, -0.05) is 11.6 Å². The van der Waals surface area contributed by atoms with Gasteiger partial charge in [-0.2, -0.15) is 0 Å². The van der Waals surface area contributed by atoms with Gasteiger partial charge in [-0.3, -0.25) is 4.79 Å². The Balaban J connectivity index is 1.99. The van der Waals surface area contributed by atoms with Gasteiger partial charge in [-0.05, 0) is 31.4 Å². The molecule has 1 fully saturated rings. The van der Waals surface area contributed by atoms with Crippen LogP contribution in [0.5, 0.6) is 0 Å². The number of aliphatic hydroxyl groups excluding tert-OH is 1. The number of hydrogen-bond donors (Lipinski definition) is 3. The predicted molar refractivity (Wildman–Crippen MR) is 79.1 cm³/mol. The molecule has 0 aromatic heterocycles. The van der Waals surface area contributed by atoms with Crippen molar-refractivity contribution >= 4 is 28.9 Å². The fraction of sp³-hybridized carbons (Fsp3) is 0.500. The molecule has 2 unspecified atom stereocenters. The van der Waals surface area contributed by atoms with E-state index in [9.17, 15) is 9.90 Å². The van der Waals surface area contributed by atoms with Gasteiger partial charge in [0.1, 0.15) is 6.04 Å². The van der Waals surface area contributed by atoms with Crippen LogP contribution in [0, 0.1) is 0 Å². The zero-order chi connectivity index (χ0) is 14.3. The minimum absolute atomic E-state index is 0.0880. The molecule has 1 saturated heterocycles. The first kappa shape index (κ1) is 13.7. The summed E-state index contributed by atoms with van der Waals surface area (Å²) >= 11 is 6.36. The Hall–Kier alpha value is -1.30. The number of carbonyl (C=O) groups is 1. The fourth-order valence-corrected chi connectivity index (χ4v) is 3.30. The van der Waals surface area contributed by atoms with Crippen LogP contribution in [0.2, 0.25) is 5.02 Å². The van der Waals surface area contributed by atoms with Crippen LogP contribution < -0.4 is 16.0 Å². The summed E-state index contributed by atoms with van der Waals surface area (Å²) in [5, 5.41) is 12.9. The van der Waals surface area contributed by atoms with Crippen LogP contribution >= 0.6 is 11.6 Å². The molecule has 2 heterocycles. The van der Waals surface area contributed by atoms with Gasteiger partial charge in [0.15, 0.2) is 0 Å². The molecule has 1 aromatic carbocycles. The summed E-state index contributed by atoms with van der Waals surface area (Å²) in [6.07, 6.45) is 3.15. The van der Waals surface area contributed by atoms with Crippen molar-refractivity contribution < 1.29 is 9.90 Å². The van der Waals surface area contributed by atoms with E-state index in [4.69, 9.17) is 17.3 Å². The second-order valence-corrected chi connectivity index (χ2v) is 5.79. The Morgan fingerprint density at radius 2 is 2.25 bits per heavy atom. The lowest BCUT2D eigenvalue weighted by molar-refractivity contribution is -0.116. The maximum absolute atomic E-state index is 11.6. The summed E-state index contributed by atoms with van der Waals surface area (Å²) in [7, 11) is 0. The number of nitrogens with one attached hydrogen (secondary N) is 1. The Bertz CT molecular complexity index is 549. The minimum atomic E-state index is -0.647. The van der Waals surface area contributed by atoms with Gasteiger partial charge in [-0.15, -0.1) is 0 Å². The van der Waals surface area contributed by atoms with Gasteiger partial charge in [0.05, 0.1) is 23.4 Å². The van der Waals surface area contributed by atoms with Gasteiger partial charge in [0.25, 0.3) is 0 Å². The molecule has 6 heteroatoms. The van der Waals surface area contributed by atoms with E-state index in [0.29, 0.717) is 5.02 Å². The van der Waals surface area contributed by atoms with Crippen molar-refractivity contribution in [3.63, 3.8) is 0 Å². The first-order chi connectivity index (χ1) is 9.61. The Kier molecular flexibility index (Phi) is 3.58. The number of halogens is 1. The van der Waals surface area contributed by atoms with Crippen molar-refractivity contribution in [3.8, 4) is 0 Å². The molecule has 5 nitrogen and oxygen atoms in total. The number of aliphatic hydroxyl groups is 1. The van der Waals surface area contributed by atoms with Crippen LogP contribution in [0.4, 0.5) is 11.4 Å². The van der Waals surface area contributed by atoms with Gasteiger partial charge < -0.3 is 21.1 Å². The number of hydrogen-bond acceptors (Lipinski definition) is 4. The van der Waals surface area contributed by atoms with Crippen LogP contribution in [0.3, 0.4) is 0 Å². The lowest BCUT2D eigenvalue weighted by atomic mass is 10.0. The molecule has 1 aromatic rings. The van der Waals surface area contributed by atoms with E-state index < -0.39 is 6.04 Å². The van der Waals surface area contributed by atoms with E-state index in [0.717, 1.165) is 42.7 Å². The first-order valence-electron chi connectivity index (χ1n) is 6.89. The summed E-state index contributed by atoms with van der Waals surface area (Å²) in [4.78, 5) is 13.7. The standard InChI is InChI=1S/C14H18ClN3O2/c15-10-5-9-11(17-14(20)13(9)16)6-12(10)18-4-2-1-3-8(18)7-19/h5-6,8,13,19H,1-4,7,16H2,(H,17,20). The quantitative estimate of drug-likeness (QED) is 0.775. The van der Waals surface area contributed by atoms with E-state index in [-0.39, 0.29) is 18.6 Å². The Morgan fingerprint density at radius 3 is 3.00 bits per heavy atom. The van der Waals surface area contributed by atoms with Crippen LogP contribution in [-0.4, -0.2) is 30.2 Å². The van der Waals surface area contributed by atoms with Crippen LogP contribution in [0.25, 0.3) is 0 Å². The number of benzene rings is 1. The van der Waals surface area contributed by atoms with E-state index in [1.54, 1.807) is 6.07 Å². The lowest BCUT2D eigenvalue weighted by Crippen LogP contribution is -2.42. The average molecular weight is 296 g/mol. The molecule has 0 spiro atoms. The molecule has 0 bridgehead atoms. The Labute approximate surface area is 122 Å². The second-order valence-electron chi connectivity index (χ2n) is 5.38. The summed E-state index contributed by atoms with van der Waals surface area (Å²) in [6.45, 7) is 0.975. The van der Waals surface area contributed by atoms with Crippen LogP contribution in [-0.2, 0) is 4.79 Å². The van der Waals surface area contributed by atoms with Crippen LogP contribution in [0.1, 0.15) is 30.9 Å². The largest absolute Gasteiger partial charge is 0.394 e. The maximum Gasteiger partial charge on any atom is 0.245 e. The summed E-state index contributed by atoms with van der Waals surface area (Å²) in [5.74, 6) is -0.203. The van der Waals surface area contributed by atoms with Crippen molar-refractivity contribution in [1.29, 1.82) is 0 Å². The van der Waals surface area contributed by atoms with Crippen molar-refractivity contribution in [2.75, 3.05) is 23.4 Å². The predicted octanol–water partition coefficient (Wildman–Crippen LogP) is 1.64. The molecule has 2 aliphatic rings. The summed E-state index contributed by atoms with van der Waals surface area (Å²) in [6, 6.07) is 3.07. The molecular weight excluding hydrogens is 278 g/mol. The monoisotopic (exact) mass is 295 g/mol. The molecule has 0 radical (unpaired) electrons. The van der Waals surface area contributed by atoms with Crippen molar-refractivity contribution in [1.82, 2.24) is 0 Å². The normalized spacial score (nSPS) is 25.6. The van der Waals surface area contributed by atoms with E-state index in [2.05, 4.69) is 10.2 Å². The average Bonchev–Trinajstić information content (AvgIpc) is 2.73. The van der Waals surface area contributed by atoms with Crippen molar-refractivity contribution in [3.05, 3.63) is 22.7 Å². The smallest absolute Gasteiger partial charge is 0.245 e. The number of rotatable bonds is 2. The molecule has 0 saturated carbocycles. The zero-order valence-corrected chi connectivity index (χ0v) is 11.9. The van der Waals surface area contributed by atoms with E-state index >= 15 is 0 Å². The highest BCUT2D eigenvalue weighted by molar-refractivity contribution is 6.33. The molecule has 1 amide bonds. The number of piperidine rings is 1. The first-order valence-corrected chi connectivity index (χ1v) is 7.27. The third-order valence-electron chi connectivity index (χ3n) is 4.14. The van der Waals surface area contributed by atoms with Gasteiger partial charge >= 0.3 is 0 Å². The Morgan fingerprint density at radius 1 is 1.45 bits per heavy atom. The molecule has 4 N–H and O–H groups in total. The molecular formula is C14H18ClN3O2. The van der Waals surface area contributed by atoms with Gasteiger partial charge in [0.2, 0.25) is 5.91 Å². The zero-order valence-electron chi connectivity index (χ0n) is 11.1.